The Morgan fingerprint density at radius 3 is 2.61 bits per heavy atom. The van der Waals surface area contributed by atoms with Gasteiger partial charge < -0.3 is 14.2 Å². The van der Waals surface area contributed by atoms with Crippen LogP contribution < -0.4 is 4.84 Å². The maximum absolute atomic E-state index is 12.2. The Morgan fingerprint density at radius 1 is 1.56 bits per heavy atom. The van der Waals surface area contributed by atoms with Gasteiger partial charge in [0.15, 0.2) is 5.13 Å². The number of nitrogens with zero attached hydrogens (tertiary/aromatic N) is 1. The molecule has 1 rings (SSSR count). The average molecular weight is 315 g/mol. The van der Waals surface area contributed by atoms with Crippen LogP contribution in [-0.4, -0.2) is 29.5 Å². The summed E-state index contributed by atoms with van der Waals surface area (Å²) in [6.45, 7) is 3.96. The van der Waals surface area contributed by atoms with Crippen LogP contribution in [0.5, 0.6) is 0 Å². The van der Waals surface area contributed by atoms with Crippen molar-refractivity contribution in [1.29, 1.82) is 0 Å². The minimum Gasteiger partial charge on any atom is -0.386 e. The second-order valence-electron chi connectivity index (χ2n) is 3.32. The van der Waals surface area contributed by atoms with Crippen LogP contribution in [0.2, 0.25) is 0 Å². The van der Waals surface area contributed by atoms with Crippen LogP contribution in [0.25, 0.3) is 0 Å². The molecule has 1 heterocycles. The molecule has 0 saturated heterocycles. The molecule has 0 aliphatic carbocycles. The van der Waals surface area contributed by atoms with Crippen LogP contribution in [0, 0.1) is 0 Å². The summed E-state index contributed by atoms with van der Waals surface area (Å²) in [5.74, 6) is 0. The topological polar surface area (TPSA) is 80.7 Å². The summed E-state index contributed by atoms with van der Waals surface area (Å²) in [6.07, 6.45) is -1.14. The van der Waals surface area contributed by atoms with E-state index < -0.39 is 13.7 Å². The molecule has 0 aromatic carbocycles. The van der Waals surface area contributed by atoms with Gasteiger partial charge in [-0.15, -0.1) is 11.3 Å². The fraction of sp³-hybridized carbons (Fsp3) is 0.667. The van der Waals surface area contributed by atoms with Crippen LogP contribution in [0.4, 0.5) is 5.13 Å². The highest BCUT2D eigenvalue weighted by Crippen LogP contribution is 2.50. The van der Waals surface area contributed by atoms with E-state index in [4.69, 9.17) is 20.8 Å². The molecule has 2 N–H and O–H groups in total. The van der Waals surface area contributed by atoms with Crippen molar-refractivity contribution < 1.29 is 18.7 Å². The Bertz CT molecular complexity index is 407. The van der Waals surface area contributed by atoms with Crippen LogP contribution in [0.1, 0.15) is 25.6 Å². The lowest BCUT2D eigenvalue weighted by Gasteiger charge is -2.19. The van der Waals surface area contributed by atoms with Gasteiger partial charge in [0.25, 0.3) is 0 Å². The highest BCUT2D eigenvalue weighted by molar-refractivity contribution is 7.53. The predicted molar refractivity (Wildman–Crippen MR) is 72.3 cm³/mol. The summed E-state index contributed by atoms with van der Waals surface area (Å²) in [4.78, 5) is 6.38. The maximum Gasteiger partial charge on any atom is 0.333 e. The van der Waals surface area contributed by atoms with Gasteiger partial charge in [-0.1, -0.05) is 0 Å². The Hall–Kier alpha value is -0.170. The molecule has 1 aromatic rings. The van der Waals surface area contributed by atoms with E-state index in [-0.39, 0.29) is 19.4 Å². The van der Waals surface area contributed by atoms with E-state index in [9.17, 15) is 9.67 Å². The molecule has 104 valence electrons. The van der Waals surface area contributed by atoms with Crippen molar-refractivity contribution in [2.24, 2.45) is 0 Å². The van der Waals surface area contributed by atoms with Crippen molar-refractivity contribution in [2.75, 3.05) is 24.2 Å². The molecule has 0 aliphatic heterocycles. The van der Waals surface area contributed by atoms with Crippen LogP contribution in [0.15, 0.2) is 5.38 Å². The highest BCUT2D eigenvalue weighted by Gasteiger charge is 2.29. The average Bonchev–Trinajstić information content (AvgIpc) is 2.77. The number of aliphatic hydroxyl groups is 1. The van der Waals surface area contributed by atoms with Gasteiger partial charge in [0.05, 0.1) is 25.1 Å². The summed E-state index contributed by atoms with van der Waals surface area (Å²) in [7, 11) is -3.28. The zero-order chi connectivity index (χ0) is 13.6. The summed E-state index contributed by atoms with van der Waals surface area (Å²) < 4.78 is 22.4. The third-order valence-corrected chi connectivity index (χ3v) is 5.16. The van der Waals surface area contributed by atoms with Gasteiger partial charge in [-0.3, -0.25) is 9.40 Å². The van der Waals surface area contributed by atoms with Gasteiger partial charge in [-0.05, 0) is 13.8 Å². The van der Waals surface area contributed by atoms with Gasteiger partial charge in [-0.2, -0.15) is 0 Å². The van der Waals surface area contributed by atoms with E-state index in [0.717, 1.165) is 0 Å². The van der Waals surface area contributed by atoms with E-state index in [0.29, 0.717) is 10.8 Å². The summed E-state index contributed by atoms with van der Waals surface area (Å²) >= 11 is 6.63. The SMILES string of the molecule is CCOP(=O)(CC(O)c1csc(NCl)n1)OCC. The number of aromatic nitrogens is 1. The summed E-state index contributed by atoms with van der Waals surface area (Å²) in [5.41, 5.74) is 0.391. The molecular formula is C9H16ClN2O4PS. The fourth-order valence-electron chi connectivity index (χ4n) is 1.32. The standard InChI is InChI=1S/C9H16ClN2O4PS/c1-3-15-17(14,16-4-2)5-8(13)7-6-18-9(11-7)12-10/h6,8,13H,3-5H2,1-2H3,(H,11,12). The number of hydrogen-bond acceptors (Lipinski definition) is 7. The summed E-state index contributed by atoms with van der Waals surface area (Å²) in [6, 6.07) is 0. The molecule has 18 heavy (non-hydrogen) atoms. The number of rotatable bonds is 8. The summed E-state index contributed by atoms with van der Waals surface area (Å²) in [5, 5.41) is 12.1. The van der Waals surface area contributed by atoms with Crippen molar-refractivity contribution in [2.45, 2.75) is 20.0 Å². The first kappa shape index (κ1) is 15.9. The normalized spacial score (nSPS) is 13.6. The molecular weight excluding hydrogens is 299 g/mol. The van der Waals surface area contributed by atoms with Crippen LogP contribution in [-0.2, 0) is 13.6 Å². The monoisotopic (exact) mass is 314 g/mol. The molecule has 0 fully saturated rings. The number of nitrogens with one attached hydrogen (secondary N) is 1. The zero-order valence-electron chi connectivity index (χ0n) is 10.1. The van der Waals surface area contributed by atoms with Gasteiger partial charge >= 0.3 is 7.60 Å². The molecule has 1 aromatic heterocycles. The van der Waals surface area contributed by atoms with Crippen LogP contribution in [0.3, 0.4) is 0 Å². The fourth-order valence-corrected chi connectivity index (χ4v) is 3.83. The predicted octanol–water partition coefficient (Wildman–Crippen LogP) is 3.01. The minimum absolute atomic E-state index is 0.125. The lowest BCUT2D eigenvalue weighted by Crippen LogP contribution is -2.09. The van der Waals surface area contributed by atoms with Crippen LogP contribution >= 0.6 is 30.7 Å². The second-order valence-corrected chi connectivity index (χ2v) is 6.47. The molecule has 0 radical (unpaired) electrons. The van der Waals surface area contributed by atoms with Crippen molar-refractivity contribution >= 4 is 35.8 Å². The van der Waals surface area contributed by atoms with Crippen molar-refractivity contribution in [3.8, 4) is 0 Å². The van der Waals surface area contributed by atoms with E-state index in [1.54, 1.807) is 19.2 Å². The first-order chi connectivity index (χ1) is 8.54. The largest absolute Gasteiger partial charge is 0.386 e. The number of hydrogen-bond donors (Lipinski definition) is 2. The highest BCUT2D eigenvalue weighted by atomic mass is 35.5. The zero-order valence-corrected chi connectivity index (χ0v) is 12.6. The Kier molecular flexibility index (Phi) is 6.55. The molecule has 0 saturated carbocycles. The molecule has 1 atom stereocenters. The molecule has 6 nitrogen and oxygen atoms in total. The van der Waals surface area contributed by atoms with E-state index in [1.807, 2.05) is 0 Å². The second kappa shape index (κ2) is 7.43. The Balaban J connectivity index is 2.71. The third kappa shape index (κ3) is 4.50. The Labute approximate surface area is 115 Å². The van der Waals surface area contributed by atoms with E-state index >= 15 is 0 Å². The van der Waals surface area contributed by atoms with Gasteiger partial charge in [-0.25, -0.2) is 4.98 Å². The van der Waals surface area contributed by atoms with E-state index in [1.165, 1.54) is 11.3 Å². The molecule has 0 bridgehead atoms. The minimum atomic E-state index is -3.28. The Morgan fingerprint density at radius 2 is 2.17 bits per heavy atom. The van der Waals surface area contributed by atoms with E-state index in [2.05, 4.69) is 9.82 Å². The first-order valence-corrected chi connectivity index (χ1v) is 8.41. The quantitative estimate of drug-likeness (QED) is 0.567. The van der Waals surface area contributed by atoms with Crippen molar-refractivity contribution in [3.63, 3.8) is 0 Å². The number of aliphatic hydroxyl groups excluding tert-OH is 1. The molecule has 0 spiro atoms. The van der Waals surface area contributed by atoms with Crippen molar-refractivity contribution in [3.05, 3.63) is 11.1 Å². The van der Waals surface area contributed by atoms with Crippen molar-refractivity contribution in [1.82, 2.24) is 4.98 Å². The first-order valence-electron chi connectivity index (χ1n) is 5.43. The number of thiazole rings is 1. The third-order valence-electron chi connectivity index (χ3n) is 1.99. The van der Waals surface area contributed by atoms with Gasteiger partial charge in [0.1, 0.15) is 6.10 Å². The molecule has 9 heteroatoms. The smallest absolute Gasteiger partial charge is 0.333 e. The molecule has 1 unspecified atom stereocenters. The number of halogens is 1. The lowest BCUT2D eigenvalue weighted by atomic mass is 10.3. The van der Waals surface area contributed by atoms with Gasteiger partial charge in [0, 0.05) is 17.2 Å². The van der Waals surface area contributed by atoms with Gasteiger partial charge in [0.2, 0.25) is 0 Å². The number of anilines is 1. The molecule has 0 amide bonds. The molecule has 0 aliphatic rings. The maximum atomic E-state index is 12.2. The lowest BCUT2D eigenvalue weighted by molar-refractivity contribution is 0.168.